The predicted octanol–water partition coefficient (Wildman–Crippen LogP) is 4.34. The molecule has 1 heterocycles. The van der Waals surface area contributed by atoms with Crippen molar-refractivity contribution in [3.63, 3.8) is 0 Å². The summed E-state index contributed by atoms with van der Waals surface area (Å²) in [4.78, 5) is 19.2. The molecule has 8 heteroatoms. The number of aliphatic hydroxyl groups excluding tert-OH is 1. The van der Waals surface area contributed by atoms with Crippen LogP contribution in [0, 0.1) is 5.92 Å². The van der Waals surface area contributed by atoms with E-state index in [9.17, 15) is 9.90 Å². The zero-order valence-corrected chi connectivity index (χ0v) is 22.1. The molecule has 2 aromatic carbocycles. The van der Waals surface area contributed by atoms with Crippen molar-refractivity contribution in [2.75, 3.05) is 45.7 Å². The standard InChI is InChI=1S/C26H35Cl2N3O3/c1-17-13-31(18(2)16-32)26(33)12-20-11-21(29(3)4)7-9-24(20)34-25(17)15-30(5)14-19-6-8-22(27)23(28)10-19/h6-11,17-18,25,32H,12-16H2,1-5H3/t17-,18-,25-/m1/s1. The first-order chi connectivity index (χ1) is 16.1. The molecule has 0 saturated carbocycles. The number of likely N-dealkylation sites (N-methyl/N-ethyl adjacent to an activating group) is 1. The molecule has 1 amide bonds. The van der Waals surface area contributed by atoms with E-state index in [1.807, 2.05) is 69.4 Å². The minimum atomic E-state index is -0.261. The molecule has 1 aliphatic rings. The van der Waals surface area contributed by atoms with Crippen LogP contribution in [0.15, 0.2) is 36.4 Å². The highest BCUT2D eigenvalue weighted by Gasteiger charge is 2.31. The van der Waals surface area contributed by atoms with Crippen molar-refractivity contribution in [3.05, 3.63) is 57.6 Å². The Morgan fingerprint density at radius 1 is 1.15 bits per heavy atom. The van der Waals surface area contributed by atoms with Gasteiger partial charge in [0.25, 0.3) is 0 Å². The Bertz CT molecular complexity index is 1000. The number of hydrogen-bond acceptors (Lipinski definition) is 5. The molecule has 0 aromatic heterocycles. The first-order valence-electron chi connectivity index (χ1n) is 11.6. The Balaban J connectivity index is 1.89. The van der Waals surface area contributed by atoms with Gasteiger partial charge in [0.1, 0.15) is 11.9 Å². The molecule has 186 valence electrons. The maximum absolute atomic E-state index is 13.3. The van der Waals surface area contributed by atoms with Crippen molar-refractivity contribution in [2.24, 2.45) is 5.92 Å². The van der Waals surface area contributed by atoms with E-state index in [1.165, 1.54) is 0 Å². The molecule has 3 rings (SSSR count). The highest BCUT2D eigenvalue weighted by molar-refractivity contribution is 6.42. The summed E-state index contributed by atoms with van der Waals surface area (Å²) in [6, 6.07) is 11.4. The van der Waals surface area contributed by atoms with Gasteiger partial charge in [-0.15, -0.1) is 0 Å². The van der Waals surface area contributed by atoms with E-state index in [0.29, 0.717) is 29.7 Å². The Morgan fingerprint density at radius 3 is 2.53 bits per heavy atom. The summed E-state index contributed by atoms with van der Waals surface area (Å²) in [7, 11) is 5.99. The number of nitrogens with zero attached hydrogens (tertiary/aromatic N) is 3. The second-order valence-electron chi connectivity index (χ2n) is 9.52. The SMILES string of the molecule is C[C@@H]1CN([C@H](C)CO)C(=O)Cc2cc(N(C)C)ccc2O[C@@H]1CN(C)Cc1ccc(Cl)c(Cl)c1. The Labute approximate surface area is 213 Å². The van der Waals surface area contributed by atoms with Crippen LogP contribution in [-0.2, 0) is 17.8 Å². The molecule has 0 unspecified atom stereocenters. The number of hydrogen-bond donors (Lipinski definition) is 1. The van der Waals surface area contributed by atoms with Gasteiger partial charge in [-0.05, 0) is 49.9 Å². The van der Waals surface area contributed by atoms with Gasteiger partial charge < -0.3 is 19.6 Å². The summed E-state index contributed by atoms with van der Waals surface area (Å²) in [5.74, 6) is 0.782. The summed E-state index contributed by atoms with van der Waals surface area (Å²) < 4.78 is 6.58. The van der Waals surface area contributed by atoms with Crippen LogP contribution < -0.4 is 9.64 Å². The first kappa shape index (κ1) is 26.6. The first-order valence-corrected chi connectivity index (χ1v) is 12.3. The maximum atomic E-state index is 13.3. The smallest absolute Gasteiger partial charge is 0.227 e. The van der Waals surface area contributed by atoms with Gasteiger partial charge in [0, 0.05) is 50.9 Å². The van der Waals surface area contributed by atoms with Crippen LogP contribution >= 0.6 is 23.2 Å². The van der Waals surface area contributed by atoms with Crippen LogP contribution in [-0.4, -0.2) is 73.8 Å². The van der Waals surface area contributed by atoms with Crippen molar-refractivity contribution in [1.82, 2.24) is 9.80 Å². The average molecular weight is 508 g/mol. The lowest BCUT2D eigenvalue weighted by Gasteiger charge is -2.34. The quantitative estimate of drug-likeness (QED) is 0.603. The number of rotatable bonds is 7. The lowest BCUT2D eigenvalue weighted by Crippen LogP contribution is -2.47. The molecular weight excluding hydrogens is 473 g/mol. The van der Waals surface area contributed by atoms with Crippen LogP contribution in [0.3, 0.4) is 0 Å². The number of benzene rings is 2. The van der Waals surface area contributed by atoms with Crippen LogP contribution in [0.1, 0.15) is 25.0 Å². The van der Waals surface area contributed by atoms with Crippen LogP contribution in [0.4, 0.5) is 5.69 Å². The zero-order chi connectivity index (χ0) is 25.0. The minimum absolute atomic E-state index is 0.000957. The zero-order valence-electron chi connectivity index (χ0n) is 20.6. The Kier molecular flexibility index (Phi) is 9.10. The highest BCUT2D eigenvalue weighted by Crippen LogP contribution is 2.30. The van der Waals surface area contributed by atoms with Gasteiger partial charge >= 0.3 is 0 Å². The predicted molar refractivity (Wildman–Crippen MR) is 139 cm³/mol. The van der Waals surface area contributed by atoms with Crippen molar-refractivity contribution in [1.29, 1.82) is 0 Å². The number of carbonyl (C=O) groups is 1. The molecule has 0 aliphatic carbocycles. The number of anilines is 1. The number of aliphatic hydroxyl groups is 1. The third kappa shape index (κ3) is 6.57. The molecule has 2 aromatic rings. The van der Waals surface area contributed by atoms with E-state index in [1.54, 1.807) is 4.90 Å². The summed E-state index contributed by atoms with van der Waals surface area (Å²) in [5.41, 5.74) is 2.93. The van der Waals surface area contributed by atoms with Gasteiger partial charge in [0.15, 0.2) is 0 Å². The lowest BCUT2D eigenvalue weighted by molar-refractivity contribution is -0.134. The van der Waals surface area contributed by atoms with E-state index >= 15 is 0 Å². The fourth-order valence-electron chi connectivity index (χ4n) is 4.23. The summed E-state index contributed by atoms with van der Waals surface area (Å²) in [6.07, 6.45) is 0.0796. The van der Waals surface area contributed by atoms with E-state index in [4.69, 9.17) is 27.9 Å². The van der Waals surface area contributed by atoms with Crippen molar-refractivity contribution < 1.29 is 14.6 Å². The van der Waals surface area contributed by atoms with E-state index in [0.717, 1.165) is 22.6 Å². The molecule has 0 radical (unpaired) electrons. The Morgan fingerprint density at radius 2 is 1.88 bits per heavy atom. The molecular formula is C26H35Cl2N3O3. The number of ether oxygens (including phenoxy) is 1. The molecule has 1 aliphatic heterocycles. The van der Waals surface area contributed by atoms with E-state index < -0.39 is 0 Å². The topological polar surface area (TPSA) is 56.3 Å². The fourth-order valence-corrected chi connectivity index (χ4v) is 4.55. The van der Waals surface area contributed by atoms with Crippen molar-refractivity contribution in [2.45, 2.75) is 39.0 Å². The van der Waals surface area contributed by atoms with Crippen LogP contribution in [0.5, 0.6) is 5.75 Å². The van der Waals surface area contributed by atoms with Crippen LogP contribution in [0.2, 0.25) is 10.0 Å². The lowest BCUT2D eigenvalue weighted by atomic mass is 10.0. The number of amides is 1. The van der Waals surface area contributed by atoms with Crippen LogP contribution in [0.25, 0.3) is 0 Å². The van der Waals surface area contributed by atoms with Gasteiger partial charge in [-0.2, -0.15) is 0 Å². The molecule has 0 fully saturated rings. The molecule has 0 spiro atoms. The van der Waals surface area contributed by atoms with E-state index in [2.05, 4.69) is 11.8 Å². The molecule has 3 atom stereocenters. The van der Waals surface area contributed by atoms with Crippen molar-refractivity contribution in [3.8, 4) is 5.75 Å². The minimum Gasteiger partial charge on any atom is -0.488 e. The molecule has 34 heavy (non-hydrogen) atoms. The van der Waals surface area contributed by atoms with Gasteiger partial charge in [0.05, 0.1) is 29.1 Å². The fraction of sp³-hybridized carbons (Fsp3) is 0.500. The largest absolute Gasteiger partial charge is 0.488 e. The number of halogens is 2. The van der Waals surface area contributed by atoms with E-state index in [-0.39, 0.29) is 37.0 Å². The van der Waals surface area contributed by atoms with Gasteiger partial charge in [-0.25, -0.2) is 0 Å². The molecule has 0 saturated heterocycles. The monoisotopic (exact) mass is 507 g/mol. The third-order valence-electron chi connectivity index (χ3n) is 6.34. The molecule has 0 bridgehead atoms. The van der Waals surface area contributed by atoms with Crippen molar-refractivity contribution >= 4 is 34.8 Å². The number of carbonyl (C=O) groups excluding carboxylic acids is 1. The summed E-state index contributed by atoms with van der Waals surface area (Å²) in [5, 5.41) is 10.9. The highest BCUT2D eigenvalue weighted by atomic mass is 35.5. The van der Waals surface area contributed by atoms with Gasteiger partial charge in [-0.1, -0.05) is 36.2 Å². The third-order valence-corrected chi connectivity index (χ3v) is 7.08. The average Bonchev–Trinajstić information content (AvgIpc) is 2.83. The summed E-state index contributed by atoms with van der Waals surface area (Å²) >= 11 is 12.3. The summed E-state index contributed by atoms with van der Waals surface area (Å²) in [6.45, 7) is 5.76. The molecule has 1 N–H and O–H groups in total. The Hall–Kier alpha value is -1.99. The second kappa shape index (κ2) is 11.6. The number of fused-ring (bicyclic) bond motifs is 1. The normalized spacial score (nSPS) is 19.7. The second-order valence-corrected chi connectivity index (χ2v) is 10.3. The van der Waals surface area contributed by atoms with Gasteiger partial charge in [0.2, 0.25) is 5.91 Å². The maximum Gasteiger partial charge on any atom is 0.227 e. The molecule has 6 nitrogen and oxygen atoms in total. The van der Waals surface area contributed by atoms with Gasteiger partial charge in [-0.3, -0.25) is 9.69 Å².